The molecule has 33 heavy (non-hydrogen) atoms. The molecule has 4 rings (SSSR count). The zero-order chi connectivity index (χ0) is 23.0. The molecule has 0 amide bonds. The molecule has 6 nitrogen and oxygen atoms in total. The third-order valence-electron chi connectivity index (χ3n) is 6.46. The molecule has 0 saturated carbocycles. The van der Waals surface area contributed by atoms with Crippen LogP contribution in [0.15, 0.2) is 57.7 Å². The highest BCUT2D eigenvalue weighted by Crippen LogP contribution is 2.26. The molecule has 0 aliphatic carbocycles. The molecule has 1 aliphatic heterocycles. The predicted molar refractivity (Wildman–Crippen MR) is 130 cm³/mol. The number of hydrogen-bond donors (Lipinski definition) is 1. The van der Waals surface area contributed by atoms with Crippen LogP contribution in [0.5, 0.6) is 11.5 Å². The number of methoxy groups -OCH3 is 1. The Labute approximate surface area is 194 Å². The van der Waals surface area contributed by atoms with E-state index in [1.54, 1.807) is 19.2 Å². The van der Waals surface area contributed by atoms with E-state index in [1.807, 2.05) is 30.3 Å². The summed E-state index contributed by atoms with van der Waals surface area (Å²) in [4.78, 5) is 15.1. The van der Waals surface area contributed by atoms with E-state index >= 15 is 0 Å². The van der Waals surface area contributed by atoms with E-state index < -0.39 is 0 Å². The average Bonchev–Trinajstić information content (AvgIpc) is 2.85. The molecule has 1 aromatic heterocycles. The number of aliphatic hydroxyl groups excluding tert-OH is 1. The largest absolute Gasteiger partial charge is 0.497 e. The van der Waals surface area contributed by atoms with Gasteiger partial charge in [0.15, 0.2) is 5.43 Å². The summed E-state index contributed by atoms with van der Waals surface area (Å²) < 4.78 is 17.2. The van der Waals surface area contributed by atoms with Gasteiger partial charge in [-0.3, -0.25) is 4.79 Å². The maximum atomic E-state index is 12.6. The van der Waals surface area contributed by atoms with Gasteiger partial charge in [0.05, 0.1) is 19.1 Å². The normalized spacial score (nSPS) is 15.1. The van der Waals surface area contributed by atoms with Crippen molar-refractivity contribution in [1.82, 2.24) is 4.90 Å². The van der Waals surface area contributed by atoms with Crippen molar-refractivity contribution in [2.75, 3.05) is 40.0 Å². The molecule has 176 valence electrons. The standard InChI is InChI=1S/C27H33NO5/c1-31-22-6-4-21(5-7-22)26-19-25(30)24-9-8-23(18-27(24)33-26)32-17-3-2-13-28-14-10-20(11-15-28)12-16-29/h4-9,18-20,29H,2-3,10-17H2,1H3. The van der Waals surface area contributed by atoms with Crippen LogP contribution in [0.4, 0.5) is 0 Å². The van der Waals surface area contributed by atoms with Crippen molar-refractivity contribution < 1.29 is 19.0 Å². The van der Waals surface area contributed by atoms with Crippen molar-refractivity contribution in [3.63, 3.8) is 0 Å². The highest BCUT2D eigenvalue weighted by atomic mass is 16.5. The monoisotopic (exact) mass is 451 g/mol. The fourth-order valence-corrected chi connectivity index (χ4v) is 4.43. The quantitative estimate of drug-likeness (QED) is 0.450. The molecule has 1 saturated heterocycles. The molecule has 1 N–H and O–H groups in total. The summed E-state index contributed by atoms with van der Waals surface area (Å²) in [7, 11) is 1.62. The van der Waals surface area contributed by atoms with Gasteiger partial charge in [-0.05, 0) is 94.1 Å². The Morgan fingerprint density at radius 3 is 2.52 bits per heavy atom. The molecule has 0 atom stereocenters. The maximum Gasteiger partial charge on any atom is 0.193 e. The zero-order valence-electron chi connectivity index (χ0n) is 19.3. The van der Waals surface area contributed by atoms with Gasteiger partial charge in [0.1, 0.15) is 22.8 Å². The van der Waals surface area contributed by atoms with Gasteiger partial charge in [0, 0.05) is 24.3 Å². The molecule has 0 radical (unpaired) electrons. The van der Waals surface area contributed by atoms with Crippen LogP contribution >= 0.6 is 0 Å². The Hall–Kier alpha value is -2.83. The van der Waals surface area contributed by atoms with E-state index in [9.17, 15) is 4.79 Å². The fourth-order valence-electron chi connectivity index (χ4n) is 4.43. The molecule has 2 aromatic carbocycles. The number of likely N-dealkylation sites (tertiary alicyclic amines) is 1. The summed E-state index contributed by atoms with van der Waals surface area (Å²) in [5, 5.41) is 9.63. The average molecular weight is 452 g/mol. The van der Waals surface area contributed by atoms with Crippen LogP contribution in [0, 0.1) is 5.92 Å². The SMILES string of the molecule is COc1ccc(-c2cc(=O)c3ccc(OCCCCN4CCC(CCO)CC4)cc3o2)cc1. The van der Waals surface area contributed by atoms with Crippen molar-refractivity contribution in [1.29, 1.82) is 0 Å². The number of ether oxygens (including phenoxy) is 2. The van der Waals surface area contributed by atoms with Crippen LogP contribution in [0.25, 0.3) is 22.3 Å². The second-order valence-corrected chi connectivity index (χ2v) is 8.71. The molecule has 3 aromatic rings. The van der Waals surface area contributed by atoms with E-state index in [0.29, 0.717) is 41.6 Å². The third-order valence-corrected chi connectivity index (χ3v) is 6.46. The van der Waals surface area contributed by atoms with Crippen LogP contribution in [0.1, 0.15) is 32.1 Å². The number of rotatable bonds is 10. The number of aliphatic hydroxyl groups is 1. The second-order valence-electron chi connectivity index (χ2n) is 8.71. The highest BCUT2D eigenvalue weighted by molar-refractivity contribution is 5.80. The molecule has 1 aliphatic rings. The lowest BCUT2D eigenvalue weighted by molar-refractivity contribution is 0.154. The zero-order valence-corrected chi connectivity index (χ0v) is 19.3. The molecule has 2 heterocycles. The Bertz CT molecular complexity index is 1080. The Morgan fingerprint density at radius 2 is 1.79 bits per heavy atom. The van der Waals surface area contributed by atoms with Gasteiger partial charge in [0.2, 0.25) is 0 Å². The minimum atomic E-state index is -0.0728. The van der Waals surface area contributed by atoms with Crippen molar-refractivity contribution in [3.8, 4) is 22.8 Å². The van der Waals surface area contributed by atoms with E-state index in [2.05, 4.69) is 4.90 Å². The topological polar surface area (TPSA) is 72.1 Å². The van der Waals surface area contributed by atoms with E-state index in [-0.39, 0.29) is 5.43 Å². The van der Waals surface area contributed by atoms with Crippen LogP contribution in [-0.4, -0.2) is 50.0 Å². The number of unbranched alkanes of at least 4 members (excludes halogenated alkanes) is 1. The Kier molecular flexibility index (Phi) is 8.02. The van der Waals surface area contributed by atoms with E-state index in [0.717, 1.165) is 50.2 Å². The maximum absolute atomic E-state index is 12.6. The fraction of sp³-hybridized carbons (Fsp3) is 0.444. The highest BCUT2D eigenvalue weighted by Gasteiger charge is 2.18. The lowest BCUT2D eigenvalue weighted by Crippen LogP contribution is -2.34. The van der Waals surface area contributed by atoms with Crippen molar-refractivity contribution in [2.24, 2.45) is 5.92 Å². The van der Waals surface area contributed by atoms with E-state index in [1.165, 1.54) is 18.9 Å². The first-order chi connectivity index (χ1) is 16.2. The van der Waals surface area contributed by atoms with Crippen LogP contribution in [0.2, 0.25) is 0 Å². The first-order valence-electron chi connectivity index (χ1n) is 11.8. The van der Waals surface area contributed by atoms with Gasteiger partial charge >= 0.3 is 0 Å². The first kappa shape index (κ1) is 23.3. The molecule has 0 bridgehead atoms. The third kappa shape index (κ3) is 6.15. The van der Waals surface area contributed by atoms with Gasteiger partial charge in [-0.15, -0.1) is 0 Å². The van der Waals surface area contributed by atoms with Crippen molar-refractivity contribution in [2.45, 2.75) is 32.1 Å². The molecule has 1 fully saturated rings. The minimum Gasteiger partial charge on any atom is -0.497 e. The Balaban J connectivity index is 1.30. The number of benzene rings is 2. The lowest BCUT2D eigenvalue weighted by Gasteiger charge is -2.31. The summed E-state index contributed by atoms with van der Waals surface area (Å²) in [5.74, 6) is 2.67. The Morgan fingerprint density at radius 1 is 1.03 bits per heavy atom. The van der Waals surface area contributed by atoms with Crippen LogP contribution in [0.3, 0.4) is 0 Å². The summed E-state index contributed by atoms with van der Waals surface area (Å²) in [6, 6.07) is 14.4. The summed E-state index contributed by atoms with van der Waals surface area (Å²) in [6.45, 7) is 4.29. The van der Waals surface area contributed by atoms with Crippen LogP contribution < -0.4 is 14.9 Å². The summed E-state index contributed by atoms with van der Waals surface area (Å²) in [5.41, 5.74) is 1.27. The summed E-state index contributed by atoms with van der Waals surface area (Å²) in [6.07, 6.45) is 5.39. The minimum absolute atomic E-state index is 0.0728. The molecular formula is C27H33NO5. The predicted octanol–water partition coefficient (Wildman–Crippen LogP) is 4.72. The number of fused-ring (bicyclic) bond motifs is 1. The van der Waals surface area contributed by atoms with Crippen LogP contribution in [-0.2, 0) is 0 Å². The molecule has 0 unspecified atom stereocenters. The number of piperidine rings is 1. The molecule has 6 heteroatoms. The van der Waals surface area contributed by atoms with Gasteiger partial charge in [-0.25, -0.2) is 0 Å². The van der Waals surface area contributed by atoms with Crippen molar-refractivity contribution in [3.05, 3.63) is 58.8 Å². The summed E-state index contributed by atoms with van der Waals surface area (Å²) >= 11 is 0. The lowest BCUT2D eigenvalue weighted by atomic mass is 9.94. The molecular weight excluding hydrogens is 418 g/mol. The van der Waals surface area contributed by atoms with Gasteiger partial charge in [-0.2, -0.15) is 0 Å². The van der Waals surface area contributed by atoms with Gasteiger partial charge < -0.3 is 23.9 Å². The number of nitrogens with zero attached hydrogens (tertiary/aromatic N) is 1. The van der Waals surface area contributed by atoms with E-state index in [4.69, 9.17) is 19.0 Å². The van der Waals surface area contributed by atoms with Gasteiger partial charge in [0.25, 0.3) is 0 Å². The number of hydrogen-bond acceptors (Lipinski definition) is 6. The second kappa shape index (κ2) is 11.3. The smallest absolute Gasteiger partial charge is 0.193 e. The van der Waals surface area contributed by atoms with Crippen molar-refractivity contribution >= 4 is 11.0 Å². The molecule has 0 spiro atoms. The van der Waals surface area contributed by atoms with Gasteiger partial charge in [-0.1, -0.05) is 0 Å². The first-order valence-corrected chi connectivity index (χ1v) is 11.8.